The number of aliphatic hydroxyl groups is 4. The van der Waals surface area contributed by atoms with Gasteiger partial charge in [0.1, 0.15) is 13.1 Å². The first-order valence-electron chi connectivity index (χ1n) is 20.7. The second-order valence-corrected chi connectivity index (χ2v) is 16.6. The van der Waals surface area contributed by atoms with E-state index in [0.29, 0.717) is 52.1 Å². The zero-order chi connectivity index (χ0) is 42.6. The molecule has 6 N–H and O–H groups in total. The average Bonchev–Trinajstić information content (AvgIpc) is 3.27. The molecule has 0 saturated carbocycles. The Morgan fingerprint density at radius 3 is 1.26 bits per heavy atom. The molecule has 0 unspecified atom stereocenters. The van der Waals surface area contributed by atoms with Crippen molar-refractivity contribution in [2.45, 2.75) is 38.8 Å². The monoisotopic (exact) mass is 928 g/mol. The Labute approximate surface area is 387 Å². The summed E-state index contributed by atoms with van der Waals surface area (Å²) in [7, 11) is 3.38. The third-order valence-electron chi connectivity index (χ3n) is 9.54. The Morgan fingerprint density at radius 1 is 0.532 bits per heavy atom. The number of aliphatic hydroxyl groups excluding tert-OH is 4. The molecule has 0 radical (unpaired) electrons. The summed E-state index contributed by atoms with van der Waals surface area (Å²) in [6.45, 7) is 4.64. The molecule has 0 spiro atoms. The van der Waals surface area contributed by atoms with Gasteiger partial charge in [-0.25, -0.2) is 0 Å². The number of halogens is 2. The van der Waals surface area contributed by atoms with Crippen molar-refractivity contribution >= 4 is 69.1 Å². The molecule has 0 saturated heterocycles. The number of rotatable bonds is 29. The third-order valence-corrected chi connectivity index (χ3v) is 12.0. The molecule has 62 heavy (non-hydrogen) atoms. The number of nitrogens with one attached hydrogen (secondary N) is 2. The van der Waals surface area contributed by atoms with Gasteiger partial charge >= 0.3 is 0 Å². The molecule has 0 aliphatic carbocycles. The van der Waals surface area contributed by atoms with Gasteiger partial charge in [0.15, 0.2) is 12.4 Å². The second-order valence-electron chi connectivity index (χ2n) is 13.9. The summed E-state index contributed by atoms with van der Waals surface area (Å²) in [5.41, 5.74) is 6.08. The van der Waals surface area contributed by atoms with Crippen molar-refractivity contribution < 1.29 is 64.0 Å². The Kier molecular flexibility index (Phi) is 28.3. The number of aromatic nitrogens is 2. The van der Waals surface area contributed by atoms with E-state index in [1.807, 2.05) is 95.0 Å². The highest BCUT2D eigenvalue weighted by atomic mass is 35.5. The molecule has 0 bridgehead atoms. The molecule has 4 aromatic rings. The molecule has 2 heterocycles. The summed E-state index contributed by atoms with van der Waals surface area (Å²) in [4.78, 5) is 28.9. The maximum absolute atomic E-state index is 12.5. The molecule has 2 aromatic heterocycles. The van der Waals surface area contributed by atoms with Gasteiger partial charge in [0.2, 0.25) is 23.2 Å². The number of amides is 2. The maximum Gasteiger partial charge on any atom is 0.220 e. The van der Waals surface area contributed by atoms with Gasteiger partial charge in [-0.15, -0.1) is 0 Å². The molecule has 0 atom stereocenters. The highest BCUT2D eigenvalue weighted by Crippen LogP contribution is 2.20. The fourth-order valence-corrected chi connectivity index (χ4v) is 8.26. The van der Waals surface area contributed by atoms with E-state index in [2.05, 4.69) is 56.2 Å². The predicted molar refractivity (Wildman–Crippen MR) is 246 cm³/mol. The Hall–Kier alpha value is -4.12. The van der Waals surface area contributed by atoms with Crippen molar-refractivity contribution in [3.05, 3.63) is 120 Å². The number of anilines is 2. The zero-order valence-corrected chi connectivity index (χ0v) is 38.4. The summed E-state index contributed by atoms with van der Waals surface area (Å²) in [6.07, 6.45) is 14.6. The first-order chi connectivity index (χ1) is 29.4. The largest absolute Gasteiger partial charge is 1.00 e. The van der Waals surface area contributed by atoms with Gasteiger partial charge in [-0.2, -0.15) is 9.13 Å². The lowest BCUT2D eigenvalue weighted by Gasteiger charge is -2.22. The molecule has 0 fully saturated rings. The smallest absolute Gasteiger partial charge is 0.220 e. The van der Waals surface area contributed by atoms with Gasteiger partial charge < -0.3 is 65.7 Å². The Balaban J connectivity index is 0.00000661. The minimum absolute atomic E-state index is 0. The molecule has 4 rings (SSSR count). The third kappa shape index (κ3) is 20.4. The van der Waals surface area contributed by atoms with E-state index in [9.17, 15) is 30.0 Å². The topological polar surface area (TPSA) is 153 Å². The number of benzene rings is 2. The average molecular weight is 930 g/mol. The molecule has 12 nitrogen and oxygen atoms in total. The molecule has 16 heteroatoms. The summed E-state index contributed by atoms with van der Waals surface area (Å²) in [5.74, 6) is 1.67. The quantitative estimate of drug-likeness (QED) is 0.0207. The fraction of sp³-hybridized carbons (Fsp3) is 0.391. The predicted octanol–water partition coefficient (Wildman–Crippen LogP) is -1.93. The van der Waals surface area contributed by atoms with Crippen LogP contribution in [0.4, 0.5) is 11.4 Å². The van der Waals surface area contributed by atoms with Gasteiger partial charge in [0.05, 0.1) is 26.4 Å². The first kappa shape index (κ1) is 54.0. The van der Waals surface area contributed by atoms with E-state index in [-0.39, 0.29) is 63.1 Å². The minimum Gasteiger partial charge on any atom is -1.00 e. The summed E-state index contributed by atoms with van der Waals surface area (Å²) in [5, 5.41) is 43.3. The van der Waals surface area contributed by atoms with Crippen LogP contribution < -0.4 is 54.4 Å². The van der Waals surface area contributed by atoms with Gasteiger partial charge in [0.25, 0.3) is 0 Å². The number of carbonyl (C=O) groups excluding carboxylic acids is 2. The van der Waals surface area contributed by atoms with Gasteiger partial charge in [-0.1, -0.05) is 45.9 Å². The Bertz CT molecular complexity index is 1760. The second kappa shape index (κ2) is 32.5. The molecule has 338 valence electrons. The number of hydrogen-bond acceptors (Lipinski definition) is 10. The highest BCUT2D eigenvalue weighted by molar-refractivity contribution is 8.76. The van der Waals surface area contributed by atoms with Crippen LogP contribution in [0.3, 0.4) is 0 Å². The van der Waals surface area contributed by atoms with Crippen molar-refractivity contribution in [2.75, 3.05) is 87.0 Å². The van der Waals surface area contributed by atoms with Crippen LogP contribution in [0.25, 0.3) is 24.3 Å². The van der Waals surface area contributed by atoms with Crippen LogP contribution in [0.1, 0.15) is 48.2 Å². The van der Waals surface area contributed by atoms with Crippen molar-refractivity contribution in [3.63, 3.8) is 0 Å². The van der Waals surface area contributed by atoms with E-state index < -0.39 is 0 Å². The molecular weight excluding hydrogens is 868 g/mol. The fourth-order valence-electron chi connectivity index (χ4n) is 6.45. The number of aryl methyl sites for hydroxylation is 2. The number of nitrogens with zero attached hydrogens (tertiary/aromatic N) is 4. The summed E-state index contributed by atoms with van der Waals surface area (Å²) < 4.78 is 4.29. The lowest BCUT2D eigenvalue weighted by Crippen LogP contribution is -3.00. The summed E-state index contributed by atoms with van der Waals surface area (Å²) >= 11 is 0. The molecular formula is C46H62Cl2N6O6S2. The van der Waals surface area contributed by atoms with E-state index in [0.717, 1.165) is 71.3 Å². The SMILES string of the molecule is O=C(CCC[n+]1ccccc1C=Cc1ccc(N(CCO)CCO)cc1)NCCSSCCNC(=O)CCC[n+]1ccccc1C=Cc1ccc(N(CCO)CCO)cc1.[Cl-].[Cl-]. The normalized spacial score (nSPS) is 11.0. The zero-order valence-electron chi connectivity index (χ0n) is 35.2. The number of carbonyl (C=O) groups is 2. The van der Waals surface area contributed by atoms with E-state index in [1.165, 1.54) is 0 Å². The van der Waals surface area contributed by atoms with Crippen molar-refractivity contribution in [2.24, 2.45) is 0 Å². The number of hydrogen-bond donors (Lipinski definition) is 6. The van der Waals surface area contributed by atoms with E-state index in [4.69, 9.17) is 0 Å². The van der Waals surface area contributed by atoms with Gasteiger partial charge in [-0.05, 0) is 59.7 Å². The lowest BCUT2D eigenvalue weighted by molar-refractivity contribution is -0.699. The van der Waals surface area contributed by atoms with Crippen LogP contribution in [0.15, 0.2) is 97.3 Å². The number of pyridine rings is 2. The van der Waals surface area contributed by atoms with Crippen molar-refractivity contribution in [1.82, 2.24) is 10.6 Å². The van der Waals surface area contributed by atoms with Gasteiger partial charge in [0, 0.05) is 124 Å². The lowest BCUT2D eigenvalue weighted by atomic mass is 10.1. The molecule has 0 aliphatic rings. The maximum atomic E-state index is 12.5. The molecule has 0 aliphatic heterocycles. The van der Waals surface area contributed by atoms with Crippen LogP contribution in [-0.4, -0.2) is 109 Å². The van der Waals surface area contributed by atoms with Gasteiger partial charge in [-0.3, -0.25) is 9.59 Å². The van der Waals surface area contributed by atoms with Crippen LogP contribution in [0, 0.1) is 0 Å². The van der Waals surface area contributed by atoms with Crippen LogP contribution in [-0.2, 0) is 22.7 Å². The minimum atomic E-state index is 0. The van der Waals surface area contributed by atoms with E-state index >= 15 is 0 Å². The van der Waals surface area contributed by atoms with Crippen LogP contribution in [0.2, 0.25) is 0 Å². The van der Waals surface area contributed by atoms with Crippen LogP contribution in [0.5, 0.6) is 0 Å². The van der Waals surface area contributed by atoms with Crippen molar-refractivity contribution in [1.29, 1.82) is 0 Å². The Morgan fingerprint density at radius 2 is 0.903 bits per heavy atom. The molecule has 2 amide bonds. The van der Waals surface area contributed by atoms with E-state index in [1.54, 1.807) is 21.6 Å². The molecule has 2 aromatic carbocycles. The van der Waals surface area contributed by atoms with Crippen molar-refractivity contribution in [3.8, 4) is 0 Å². The highest BCUT2D eigenvalue weighted by Gasteiger charge is 2.12. The standard InChI is InChI=1S/C46H60N6O6S2.2ClH/c53-33-29-51(30-34-54)43-19-13-39(14-20-43)11-17-41-7-1-3-25-49(41)27-5-9-45(57)47-23-37-59-60-38-24-48-46(58)10-6-28-50-26-4-2-8-42(50)18-12-40-15-21-44(22-16-40)52(31-35-55)32-36-56;;/h1-4,7-8,11-22,25-26,53-56H,5-6,9-10,23-24,27-38H2;2*1H. The van der Waals surface area contributed by atoms with Crippen LogP contribution >= 0.6 is 21.6 Å². The first-order valence-corrected chi connectivity index (χ1v) is 23.2. The summed E-state index contributed by atoms with van der Waals surface area (Å²) in [6, 6.07) is 28.1.